The van der Waals surface area contributed by atoms with Gasteiger partial charge in [0.05, 0.1) is 10.0 Å². The fourth-order valence-corrected chi connectivity index (χ4v) is 4.12. The maximum absolute atomic E-state index is 6.35. The highest BCUT2D eigenvalue weighted by Gasteiger charge is 2.16. The lowest BCUT2D eigenvalue weighted by Crippen LogP contribution is -2.23. The van der Waals surface area contributed by atoms with Gasteiger partial charge < -0.3 is 5.32 Å². The van der Waals surface area contributed by atoms with Crippen molar-refractivity contribution in [2.24, 2.45) is 0 Å². The summed E-state index contributed by atoms with van der Waals surface area (Å²) in [6.45, 7) is 2.97. The fraction of sp³-hybridized carbons (Fsp3) is 0.250. The largest absolute Gasteiger partial charge is 0.309 e. The fourth-order valence-electron chi connectivity index (χ4n) is 2.03. The quantitative estimate of drug-likeness (QED) is 0.575. The molecule has 0 heterocycles. The third-order valence-corrected chi connectivity index (χ3v) is 6.00. The molecule has 0 saturated carbocycles. The molecule has 2 aromatic rings. The average Bonchev–Trinajstić information content (AvgIpc) is 2.48. The minimum Gasteiger partial charge on any atom is -0.309 e. The van der Waals surface area contributed by atoms with E-state index in [2.05, 4.69) is 40.3 Å². The standard InChI is InChI=1S/C16H16BrCl2NS/c1-2-20-14(11-6-5-8-13(18)16(11)19)10-21-15-9-4-3-7-12(15)17/h3-9,14,20H,2,10H2,1H3. The first-order chi connectivity index (χ1) is 10.1. The molecule has 0 radical (unpaired) electrons. The van der Waals surface area contributed by atoms with Gasteiger partial charge in [-0.25, -0.2) is 0 Å². The van der Waals surface area contributed by atoms with Crippen molar-refractivity contribution in [3.8, 4) is 0 Å². The number of hydrogen-bond donors (Lipinski definition) is 1. The van der Waals surface area contributed by atoms with Crippen LogP contribution in [0.4, 0.5) is 0 Å². The normalized spacial score (nSPS) is 12.4. The van der Waals surface area contributed by atoms with E-state index in [1.54, 1.807) is 11.8 Å². The maximum atomic E-state index is 6.35. The summed E-state index contributed by atoms with van der Waals surface area (Å²) >= 11 is 17.8. The Kier molecular flexibility index (Phi) is 6.90. The van der Waals surface area contributed by atoms with Crippen LogP contribution in [0.3, 0.4) is 0 Å². The van der Waals surface area contributed by atoms with Gasteiger partial charge in [-0.15, -0.1) is 11.8 Å². The van der Waals surface area contributed by atoms with Crippen LogP contribution < -0.4 is 5.32 Å². The molecule has 5 heteroatoms. The average molecular weight is 405 g/mol. The van der Waals surface area contributed by atoms with Crippen molar-refractivity contribution >= 4 is 50.9 Å². The third kappa shape index (κ3) is 4.64. The smallest absolute Gasteiger partial charge is 0.0640 e. The summed E-state index contributed by atoms with van der Waals surface area (Å²) < 4.78 is 1.11. The van der Waals surface area contributed by atoms with Gasteiger partial charge in [0.25, 0.3) is 0 Å². The summed E-state index contributed by atoms with van der Waals surface area (Å²) in [7, 11) is 0. The van der Waals surface area contributed by atoms with Crippen molar-refractivity contribution in [3.63, 3.8) is 0 Å². The molecule has 21 heavy (non-hydrogen) atoms. The number of benzene rings is 2. The SMILES string of the molecule is CCNC(CSc1ccccc1Br)c1cccc(Cl)c1Cl. The number of hydrogen-bond acceptors (Lipinski definition) is 2. The number of rotatable bonds is 6. The Bertz CT molecular complexity index is 607. The van der Waals surface area contributed by atoms with E-state index in [9.17, 15) is 0 Å². The van der Waals surface area contributed by atoms with Gasteiger partial charge in [0.1, 0.15) is 0 Å². The highest BCUT2D eigenvalue weighted by atomic mass is 79.9. The highest BCUT2D eigenvalue weighted by molar-refractivity contribution is 9.10. The number of thioether (sulfide) groups is 1. The van der Waals surface area contributed by atoms with Crippen LogP contribution in [0.5, 0.6) is 0 Å². The van der Waals surface area contributed by atoms with Gasteiger partial charge >= 0.3 is 0 Å². The molecule has 0 aromatic heterocycles. The molecule has 0 aliphatic heterocycles. The van der Waals surface area contributed by atoms with Crippen molar-refractivity contribution in [1.82, 2.24) is 5.32 Å². The van der Waals surface area contributed by atoms with Crippen molar-refractivity contribution < 1.29 is 0 Å². The molecule has 2 aromatic carbocycles. The van der Waals surface area contributed by atoms with E-state index in [4.69, 9.17) is 23.2 Å². The van der Waals surface area contributed by atoms with Crippen LogP contribution in [-0.4, -0.2) is 12.3 Å². The van der Waals surface area contributed by atoms with Crippen LogP contribution in [0, 0.1) is 0 Å². The van der Waals surface area contributed by atoms with Gasteiger partial charge in [0.2, 0.25) is 0 Å². The van der Waals surface area contributed by atoms with Crippen molar-refractivity contribution in [2.75, 3.05) is 12.3 Å². The molecule has 1 unspecified atom stereocenters. The van der Waals surface area contributed by atoms with E-state index >= 15 is 0 Å². The van der Waals surface area contributed by atoms with E-state index in [0.29, 0.717) is 10.0 Å². The Morgan fingerprint density at radius 1 is 1.14 bits per heavy atom. The molecule has 1 atom stereocenters. The monoisotopic (exact) mass is 403 g/mol. The van der Waals surface area contributed by atoms with Crippen molar-refractivity contribution in [3.05, 3.63) is 62.5 Å². The molecule has 0 bridgehead atoms. The number of halogens is 3. The Labute approximate surface area is 148 Å². The molecule has 1 nitrogen and oxygen atoms in total. The van der Waals surface area contributed by atoms with Gasteiger partial charge in [0.15, 0.2) is 0 Å². The molecule has 0 aliphatic carbocycles. The topological polar surface area (TPSA) is 12.0 Å². The second kappa shape index (κ2) is 8.44. The highest BCUT2D eigenvalue weighted by Crippen LogP contribution is 2.34. The predicted molar refractivity (Wildman–Crippen MR) is 97.7 cm³/mol. The molecule has 0 amide bonds. The molecular formula is C16H16BrCl2NS. The zero-order valence-electron chi connectivity index (χ0n) is 11.6. The third-order valence-electron chi connectivity index (χ3n) is 3.05. The lowest BCUT2D eigenvalue weighted by molar-refractivity contribution is 0.606. The molecule has 112 valence electrons. The minimum atomic E-state index is 0.165. The summed E-state index contributed by atoms with van der Waals surface area (Å²) in [6, 6.07) is 14.2. The van der Waals surface area contributed by atoms with Crippen LogP contribution in [0.2, 0.25) is 10.0 Å². The lowest BCUT2D eigenvalue weighted by Gasteiger charge is -2.20. The molecule has 2 rings (SSSR count). The Balaban J connectivity index is 2.16. The van der Waals surface area contributed by atoms with Crippen LogP contribution in [0.15, 0.2) is 51.8 Å². The van der Waals surface area contributed by atoms with Crippen molar-refractivity contribution in [1.29, 1.82) is 0 Å². The van der Waals surface area contributed by atoms with Crippen LogP contribution in [-0.2, 0) is 0 Å². The van der Waals surface area contributed by atoms with E-state index < -0.39 is 0 Å². The first kappa shape index (κ1) is 17.2. The van der Waals surface area contributed by atoms with Gasteiger partial charge in [-0.05, 0) is 46.2 Å². The van der Waals surface area contributed by atoms with E-state index in [1.807, 2.05) is 30.3 Å². The van der Waals surface area contributed by atoms with E-state index in [-0.39, 0.29) is 6.04 Å². The van der Waals surface area contributed by atoms with Crippen LogP contribution in [0.25, 0.3) is 0 Å². The van der Waals surface area contributed by atoms with Gasteiger partial charge in [-0.2, -0.15) is 0 Å². The van der Waals surface area contributed by atoms with Crippen LogP contribution >= 0.6 is 50.9 Å². The Morgan fingerprint density at radius 2 is 1.90 bits per heavy atom. The summed E-state index contributed by atoms with van der Waals surface area (Å²) in [5.41, 5.74) is 1.05. The molecule has 0 saturated heterocycles. The van der Waals surface area contributed by atoms with Gasteiger partial charge in [0, 0.05) is 21.2 Å². The first-order valence-electron chi connectivity index (χ1n) is 6.68. The molecule has 1 N–H and O–H groups in total. The first-order valence-corrected chi connectivity index (χ1v) is 9.21. The minimum absolute atomic E-state index is 0.165. The Morgan fingerprint density at radius 3 is 2.62 bits per heavy atom. The molecule has 0 aliphatic rings. The summed E-state index contributed by atoms with van der Waals surface area (Å²) in [5.74, 6) is 0.885. The summed E-state index contributed by atoms with van der Waals surface area (Å²) in [6.07, 6.45) is 0. The molecule has 0 fully saturated rings. The predicted octanol–water partition coefficient (Wildman–Crippen LogP) is 6.20. The van der Waals surface area contributed by atoms with E-state index in [1.165, 1.54) is 4.90 Å². The maximum Gasteiger partial charge on any atom is 0.0640 e. The van der Waals surface area contributed by atoms with Crippen LogP contribution in [0.1, 0.15) is 18.5 Å². The molecule has 0 spiro atoms. The summed E-state index contributed by atoms with van der Waals surface area (Å²) in [5, 5.41) is 4.71. The molecular weight excluding hydrogens is 389 g/mol. The zero-order chi connectivity index (χ0) is 15.2. The zero-order valence-corrected chi connectivity index (χ0v) is 15.5. The lowest BCUT2D eigenvalue weighted by atomic mass is 10.1. The Hall–Kier alpha value is -0.190. The van der Waals surface area contributed by atoms with E-state index in [0.717, 1.165) is 22.3 Å². The second-order valence-corrected chi connectivity index (χ2v) is 7.20. The van der Waals surface area contributed by atoms with Gasteiger partial charge in [-0.3, -0.25) is 0 Å². The second-order valence-electron chi connectivity index (χ2n) is 4.49. The number of nitrogens with one attached hydrogen (secondary N) is 1. The summed E-state index contributed by atoms with van der Waals surface area (Å²) in [4.78, 5) is 1.22. The van der Waals surface area contributed by atoms with Crippen molar-refractivity contribution in [2.45, 2.75) is 17.9 Å². The van der Waals surface area contributed by atoms with Gasteiger partial charge in [-0.1, -0.05) is 54.4 Å².